The summed E-state index contributed by atoms with van der Waals surface area (Å²) >= 11 is 0. The van der Waals surface area contributed by atoms with Gasteiger partial charge in [-0.2, -0.15) is 0 Å². The van der Waals surface area contributed by atoms with Crippen LogP contribution in [0.15, 0.2) is 71.0 Å². The maximum atomic E-state index is 9.80. The van der Waals surface area contributed by atoms with Crippen LogP contribution in [0.3, 0.4) is 0 Å². The van der Waals surface area contributed by atoms with Crippen molar-refractivity contribution in [3.8, 4) is 5.75 Å². The number of aromatic hydroxyl groups is 1. The summed E-state index contributed by atoms with van der Waals surface area (Å²) in [4.78, 5) is 4.08. The Morgan fingerprint density at radius 1 is 0.789 bits per heavy atom. The van der Waals surface area contributed by atoms with E-state index in [2.05, 4.69) is 15.2 Å². The van der Waals surface area contributed by atoms with Crippen molar-refractivity contribution in [2.75, 3.05) is 0 Å². The number of phenols is 1. The van der Waals surface area contributed by atoms with Crippen molar-refractivity contribution >= 4 is 22.3 Å². The standard InChI is InChI=1S/C15H11N3O/c19-14-9-8-13(11-5-1-2-6-12(11)14)17-18-15-7-3-4-10-16-15/h1-10,19H. The number of nitrogens with zero attached hydrogens (tertiary/aromatic N) is 3. The number of benzene rings is 2. The van der Waals surface area contributed by atoms with E-state index in [1.54, 1.807) is 24.4 Å². The van der Waals surface area contributed by atoms with Gasteiger partial charge in [-0.25, -0.2) is 4.98 Å². The first-order valence-corrected chi connectivity index (χ1v) is 5.88. The van der Waals surface area contributed by atoms with Gasteiger partial charge in [-0.3, -0.25) is 0 Å². The van der Waals surface area contributed by atoms with Crippen LogP contribution in [0.4, 0.5) is 11.5 Å². The van der Waals surface area contributed by atoms with E-state index in [1.807, 2.05) is 36.4 Å². The van der Waals surface area contributed by atoms with Crippen LogP contribution in [-0.2, 0) is 0 Å². The van der Waals surface area contributed by atoms with E-state index >= 15 is 0 Å². The Labute approximate surface area is 110 Å². The lowest BCUT2D eigenvalue weighted by atomic mass is 10.1. The summed E-state index contributed by atoms with van der Waals surface area (Å²) in [7, 11) is 0. The van der Waals surface area contributed by atoms with Crippen molar-refractivity contribution in [3.63, 3.8) is 0 Å². The third kappa shape index (κ3) is 2.28. The van der Waals surface area contributed by atoms with Crippen LogP contribution < -0.4 is 0 Å². The van der Waals surface area contributed by atoms with Crippen molar-refractivity contribution in [3.05, 3.63) is 60.8 Å². The minimum atomic E-state index is 0.243. The molecule has 0 aliphatic carbocycles. The quantitative estimate of drug-likeness (QED) is 0.686. The second-order valence-electron chi connectivity index (χ2n) is 4.04. The molecule has 3 rings (SSSR count). The van der Waals surface area contributed by atoms with Crippen LogP contribution in [-0.4, -0.2) is 10.1 Å². The Morgan fingerprint density at radius 3 is 2.37 bits per heavy atom. The van der Waals surface area contributed by atoms with Gasteiger partial charge in [0.15, 0.2) is 5.82 Å². The highest BCUT2D eigenvalue weighted by molar-refractivity contribution is 5.96. The Kier molecular flexibility index (Phi) is 2.90. The monoisotopic (exact) mass is 249 g/mol. The molecule has 0 aliphatic rings. The summed E-state index contributed by atoms with van der Waals surface area (Å²) in [6.07, 6.45) is 1.67. The molecule has 2 aromatic carbocycles. The molecule has 0 spiro atoms. The average Bonchev–Trinajstić information content (AvgIpc) is 2.48. The molecule has 0 amide bonds. The number of rotatable bonds is 2. The summed E-state index contributed by atoms with van der Waals surface area (Å²) in [6, 6.07) is 16.4. The third-order valence-electron chi connectivity index (χ3n) is 2.79. The molecule has 0 saturated carbocycles. The number of pyridine rings is 1. The number of aromatic nitrogens is 1. The molecular formula is C15H11N3O. The van der Waals surface area contributed by atoms with Crippen molar-refractivity contribution in [2.45, 2.75) is 0 Å². The maximum Gasteiger partial charge on any atom is 0.174 e. The number of fused-ring (bicyclic) bond motifs is 1. The maximum absolute atomic E-state index is 9.80. The fraction of sp³-hybridized carbons (Fsp3) is 0. The number of azo groups is 1. The van der Waals surface area contributed by atoms with Crippen LogP contribution in [0.1, 0.15) is 0 Å². The zero-order valence-electron chi connectivity index (χ0n) is 10.1. The molecule has 1 heterocycles. The predicted molar refractivity (Wildman–Crippen MR) is 74.0 cm³/mol. The highest BCUT2D eigenvalue weighted by Crippen LogP contribution is 2.32. The van der Waals surface area contributed by atoms with Crippen LogP contribution in [0.2, 0.25) is 0 Å². The van der Waals surface area contributed by atoms with Gasteiger partial charge in [0.1, 0.15) is 5.75 Å². The highest BCUT2D eigenvalue weighted by Gasteiger charge is 2.03. The van der Waals surface area contributed by atoms with Gasteiger partial charge in [0.2, 0.25) is 0 Å². The minimum absolute atomic E-state index is 0.243. The van der Waals surface area contributed by atoms with Gasteiger partial charge < -0.3 is 5.11 Å². The number of phenolic OH excluding ortho intramolecular Hbond substituents is 1. The van der Waals surface area contributed by atoms with E-state index in [4.69, 9.17) is 0 Å². The molecule has 0 aliphatic heterocycles. The van der Waals surface area contributed by atoms with E-state index in [9.17, 15) is 5.11 Å². The van der Waals surface area contributed by atoms with Gasteiger partial charge in [0.05, 0.1) is 5.69 Å². The molecule has 0 saturated heterocycles. The van der Waals surface area contributed by atoms with Crippen LogP contribution in [0, 0.1) is 0 Å². The van der Waals surface area contributed by atoms with E-state index in [-0.39, 0.29) is 5.75 Å². The van der Waals surface area contributed by atoms with Crippen LogP contribution in [0.5, 0.6) is 5.75 Å². The first kappa shape index (κ1) is 11.3. The lowest BCUT2D eigenvalue weighted by Gasteiger charge is -2.02. The Balaban J connectivity index is 2.07. The molecule has 0 bridgehead atoms. The molecule has 4 heteroatoms. The van der Waals surface area contributed by atoms with Crippen molar-refractivity contribution in [1.82, 2.24) is 4.98 Å². The molecule has 3 aromatic rings. The van der Waals surface area contributed by atoms with Crippen molar-refractivity contribution in [2.24, 2.45) is 10.2 Å². The zero-order valence-corrected chi connectivity index (χ0v) is 10.1. The minimum Gasteiger partial charge on any atom is -0.507 e. The van der Waals surface area contributed by atoms with Crippen LogP contribution in [0.25, 0.3) is 10.8 Å². The molecule has 0 unspecified atom stereocenters. The van der Waals surface area contributed by atoms with Gasteiger partial charge in [-0.1, -0.05) is 30.3 Å². The molecule has 92 valence electrons. The lowest BCUT2D eigenvalue weighted by molar-refractivity contribution is 0.481. The normalized spacial score (nSPS) is 11.2. The summed E-state index contributed by atoms with van der Waals surface area (Å²) < 4.78 is 0. The Morgan fingerprint density at radius 2 is 1.58 bits per heavy atom. The van der Waals surface area contributed by atoms with E-state index in [0.29, 0.717) is 11.5 Å². The van der Waals surface area contributed by atoms with Gasteiger partial charge in [0.25, 0.3) is 0 Å². The van der Waals surface area contributed by atoms with Gasteiger partial charge in [-0.15, -0.1) is 10.2 Å². The lowest BCUT2D eigenvalue weighted by Crippen LogP contribution is -1.75. The first-order chi connectivity index (χ1) is 9.34. The fourth-order valence-electron chi connectivity index (χ4n) is 1.87. The Bertz CT molecular complexity index is 739. The van der Waals surface area contributed by atoms with Crippen LogP contribution >= 0.6 is 0 Å². The molecule has 1 aromatic heterocycles. The summed E-state index contributed by atoms with van der Waals surface area (Å²) in [5.41, 5.74) is 0.707. The topological polar surface area (TPSA) is 57.8 Å². The molecule has 4 nitrogen and oxygen atoms in total. The second kappa shape index (κ2) is 4.86. The summed E-state index contributed by atoms with van der Waals surface area (Å²) in [5.74, 6) is 0.798. The largest absolute Gasteiger partial charge is 0.507 e. The Hall–Kier alpha value is -2.75. The van der Waals surface area contributed by atoms with E-state index in [0.717, 1.165) is 10.8 Å². The van der Waals surface area contributed by atoms with Gasteiger partial charge in [-0.05, 0) is 24.3 Å². The molecule has 1 N–H and O–H groups in total. The molecule has 0 atom stereocenters. The summed E-state index contributed by atoms with van der Waals surface area (Å²) in [6.45, 7) is 0. The van der Waals surface area contributed by atoms with E-state index < -0.39 is 0 Å². The molecular weight excluding hydrogens is 238 g/mol. The molecule has 0 radical (unpaired) electrons. The van der Waals surface area contributed by atoms with Gasteiger partial charge >= 0.3 is 0 Å². The zero-order chi connectivity index (χ0) is 13.1. The van der Waals surface area contributed by atoms with Crippen molar-refractivity contribution < 1.29 is 5.11 Å². The third-order valence-corrected chi connectivity index (χ3v) is 2.79. The molecule has 19 heavy (non-hydrogen) atoms. The fourth-order valence-corrected chi connectivity index (χ4v) is 1.87. The van der Waals surface area contributed by atoms with Gasteiger partial charge in [0, 0.05) is 17.0 Å². The molecule has 0 fully saturated rings. The van der Waals surface area contributed by atoms with E-state index in [1.165, 1.54) is 0 Å². The SMILES string of the molecule is Oc1ccc(N=Nc2ccccn2)c2ccccc12. The number of hydrogen-bond acceptors (Lipinski definition) is 4. The number of hydrogen-bond donors (Lipinski definition) is 1. The smallest absolute Gasteiger partial charge is 0.174 e. The average molecular weight is 249 g/mol. The van der Waals surface area contributed by atoms with Crippen molar-refractivity contribution in [1.29, 1.82) is 0 Å². The first-order valence-electron chi connectivity index (χ1n) is 5.88. The predicted octanol–water partition coefficient (Wildman–Crippen LogP) is 4.36. The second-order valence-corrected chi connectivity index (χ2v) is 4.04. The highest BCUT2D eigenvalue weighted by atomic mass is 16.3. The summed E-state index contributed by atoms with van der Waals surface area (Å²) in [5, 5.41) is 19.7.